The molecule has 26 heavy (non-hydrogen) atoms. The molecule has 2 aromatic heterocycles. The van der Waals surface area contributed by atoms with Crippen LogP contribution < -0.4 is 15.5 Å². The Morgan fingerprint density at radius 1 is 1.27 bits per heavy atom. The second-order valence-corrected chi connectivity index (χ2v) is 6.82. The Kier molecular flexibility index (Phi) is 6.52. The Morgan fingerprint density at radius 3 is 2.77 bits per heavy atom. The van der Waals surface area contributed by atoms with Gasteiger partial charge in [-0.3, -0.25) is 0 Å². The lowest BCUT2D eigenvalue weighted by Gasteiger charge is -2.31. The van der Waals surface area contributed by atoms with Gasteiger partial charge in [0, 0.05) is 25.8 Å². The average Bonchev–Trinajstić information content (AvgIpc) is 3.19. The smallest absolute Gasteiger partial charge is 0.191 e. The number of anilines is 1. The van der Waals surface area contributed by atoms with Gasteiger partial charge in [-0.25, -0.2) is 9.98 Å². The number of aromatic nitrogens is 1. The number of furan rings is 1. The first-order chi connectivity index (χ1) is 12.7. The van der Waals surface area contributed by atoms with E-state index < -0.39 is 0 Å². The van der Waals surface area contributed by atoms with Crippen LogP contribution in [0.1, 0.15) is 38.0 Å². The first-order valence-corrected chi connectivity index (χ1v) is 9.49. The number of piperidine rings is 1. The summed E-state index contributed by atoms with van der Waals surface area (Å²) >= 11 is 0. The molecule has 1 fully saturated rings. The van der Waals surface area contributed by atoms with Gasteiger partial charge >= 0.3 is 0 Å². The van der Waals surface area contributed by atoms with Crippen molar-refractivity contribution in [2.75, 3.05) is 24.5 Å². The van der Waals surface area contributed by atoms with Gasteiger partial charge in [-0.15, -0.1) is 0 Å². The molecule has 0 saturated carbocycles. The maximum atomic E-state index is 5.34. The fraction of sp³-hybridized carbons (Fsp3) is 0.500. The van der Waals surface area contributed by atoms with Gasteiger partial charge in [0.2, 0.25) is 0 Å². The molecule has 0 spiro atoms. The molecule has 6 nitrogen and oxygen atoms in total. The van der Waals surface area contributed by atoms with Gasteiger partial charge in [-0.05, 0) is 49.4 Å². The van der Waals surface area contributed by atoms with Crippen LogP contribution in [0.3, 0.4) is 0 Å². The molecule has 3 rings (SSSR count). The Morgan fingerprint density at radius 2 is 2.12 bits per heavy atom. The number of pyridine rings is 1. The predicted molar refractivity (Wildman–Crippen MR) is 105 cm³/mol. The summed E-state index contributed by atoms with van der Waals surface area (Å²) in [6, 6.07) is 8.07. The maximum Gasteiger partial charge on any atom is 0.191 e. The number of nitrogens with one attached hydrogen (secondary N) is 2. The summed E-state index contributed by atoms with van der Waals surface area (Å²) in [5, 5.41) is 6.53. The number of rotatable bonds is 6. The Hall–Kier alpha value is -2.50. The van der Waals surface area contributed by atoms with E-state index in [2.05, 4.69) is 51.5 Å². The molecule has 140 valence electrons. The molecule has 0 aromatic carbocycles. The first-order valence-electron chi connectivity index (χ1n) is 9.49. The maximum absolute atomic E-state index is 5.34. The van der Waals surface area contributed by atoms with Crippen LogP contribution in [0.25, 0.3) is 0 Å². The molecule has 0 bridgehead atoms. The minimum absolute atomic E-state index is 0.595. The van der Waals surface area contributed by atoms with Crippen LogP contribution in [0.4, 0.5) is 5.82 Å². The van der Waals surface area contributed by atoms with Gasteiger partial charge in [0.15, 0.2) is 5.96 Å². The van der Waals surface area contributed by atoms with Crippen molar-refractivity contribution >= 4 is 11.8 Å². The second kappa shape index (κ2) is 9.27. The van der Waals surface area contributed by atoms with E-state index in [0.29, 0.717) is 13.1 Å². The van der Waals surface area contributed by atoms with Crippen molar-refractivity contribution in [1.82, 2.24) is 15.6 Å². The van der Waals surface area contributed by atoms with Crippen molar-refractivity contribution in [3.8, 4) is 0 Å². The highest BCUT2D eigenvalue weighted by Crippen LogP contribution is 2.21. The van der Waals surface area contributed by atoms with Gasteiger partial charge in [0.1, 0.15) is 11.6 Å². The molecule has 3 heterocycles. The average molecular weight is 355 g/mol. The summed E-state index contributed by atoms with van der Waals surface area (Å²) in [7, 11) is 0. The highest BCUT2D eigenvalue weighted by Gasteiger charge is 2.16. The van der Waals surface area contributed by atoms with Crippen LogP contribution in [0.15, 0.2) is 46.1 Å². The molecule has 0 amide bonds. The Labute approximate surface area is 155 Å². The zero-order valence-corrected chi connectivity index (χ0v) is 15.7. The van der Waals surface area contributed by atoms with Crippen LogP contribution in [0.2, 0.25) is 0 Å². The molecule has 2 N–H and O–H groups in total. The van der Waals surface area contributed by atoms with Crippen LogP contribution in [-0.2, 0) is 13.1 Å². The Balaban J connectivity index is 1.55. The number of guanidine groups is 1. The van der Waals surface area contributed by atoms with Crippen molar-refractivity contribution in [2.24, 2.45) is 10.9 Å². The van der Waals surface area contributed by atoms with Crippen molar-refractivity contribution in [3.05, 3.63) is 48.0 Å². The fourth-order valence-electron chi connectivity index (χ4n) is 3.03. The van der Waals surface area contributed by atoms with E-state index in [4.69, 9.17) is 4.42 Å². The molecule has 6 heteroatoms. The van der Waals surface area contributed by atoms with E-state index >= 15 is 0 Å². The molecule has 1 aliphatic rings. The van der Waals surface area contributed by atoms with Crippen molar-refractivity contribution in [3.63, 3.8) is 0 Å². The molecule has 0 atom stereocenters. The number of hydrogen-bond acceptors (Lipinski definition) is 4. The number of hydrogen-bond donors (Lipinski definition) is 2. The van der Waals surface area contributed by atoms with Crippen LogP contribution in [0, 0.1) is 5.92 Å². The highest BCUT2D eigenvalue weighted by molar-refractivity contribution is 5.79. The lowest BCUT2D eigenvalue weighted by Crippen LogP contribution is -2.36. The quantitative estimate of drug-likeness (QED) is 0.615. The van der Waals surface area contributed by atoms with Gasteiger partial charge in [-0.1, -0.05) is 13.0 Å². The number of nitrogens with zero attached hydrogens (tertiary/aromatic N) is 3. The molecule has 0 radical (unpaired) electrons. The van der Waals surface area contributed by atoms with Gasteiger partial charge in [-0.2, -0.15) is 0 Å². The summed E-state index contributed by atoms with van der Waals surface area (Å²) in [6.45, 7) is 8.61. The minimum Gasteiger partial charge on any atom is -0.467 e. The topological polar surface area (TPSA) is 65.7 Å². The van der Waals surface area contributed by atoms with E-state index in [9.17, 15) is 0 Å². The second-order valence-electron chi connectivity index (χ2n) is 6.82. The lowest BCUT2D eigenvalue weighted by molar-refractivity contribution is 0.436. The monoisotopic (exact) mass is 355 g/mol. The summed E-state index contributed by atoms with van der Waals surface area (Å²) in [4.78, 5) is 11.7. The van der Waals surface area contributed by atoms with Crippen LogP contribution in [0.5, 0.6) is 0 Å². The largest absolute Gasteiger partial charge is 0.467 e. The number of aliphatic imine (C=N–C) groups is 1. The normalized spacial score (nSPS) is 15.9. The zero-order valence-electron chi connectivity index (χ0n) is 15.7. The first kappa shape index (κ1) is 18.3. The van der Waals surface area contributed by atoms with E-state index in [0.717, 1.165) is 48.7 Å². The van der Waals surface area contributed by atoms with E-state index in [-0.39, 0.29) is 0 Å². The highest BCUT2D eigenvalue weighted by atomic mass is 16.3. The van der Waals surface area contributed by atoms with Crippen LogP contribution >= 0.6 is 0 Å². The summed E-state index contributed by atoms with van der Waals surface area (Å²) in [5.74, 6) is 3.57. The summed E-state index contributed by atoms with van der Waals surface area (Å²) in [5.41, 5.74) is 1.11. The third-order valence-electron chi connectivity index (χ3n) is 4.69. The van der Waals surface area contributed by atoms with Crippen molar-refractivity contribution in [2.45, 2.75) is 39.8 Å². The summed E-state index contributed by atoms with van der Waals surface area (Å²) in [6.07, 6.45) is 6.12. The minimum atomic E-state index is 0.595. The molecule has 0 aliphatic carbocycles. The lowest BCUT2D eigenvalue weighted by atomic mass is 9.99. The fourth-order valence-corrected chi connectivity index (χ4v) is 3.03. The Bertz CT molecular complexity index is 673. The van der Waals surface area contributed by atoms with Gasteiger partial charge in [0.25, 0.3) is 0 Å². The molecule has 1 aliphatic heterocycles. The molecule has 1 saturated heterocycles. The third kappa shape index (κ3) is 5.25. The van der Waals surface area contributed by atoms with Crippen LogP contribution in [-0.4, -0.2) is 30.6 Å². The van der Waals surface area contributed by atoms with Crippen molar-refractivity contribution < 1.29 is 4.42 Å². The van der Waals surface area contributed by atoms with Gasteiger partial charge < -0.3 is 20.0 Å². The van der Waals surface area contributed by atoms with Gasteiger partial charge in [0.05, 0.1) is 19.4 Å². The predicted octanol–water partition coefficient (Wildman–Crippen LogP) is 3.17. The molecule has 0 unspecified atom stereocenters. The third-order valence-corrected chi connectivity index (χ3v) is 4.69. The molecular weight excluding hydrogens is 326 g/mol. The molecular formula is C20H29N5O. The standard InChI is InChI=1S/C20H29N5O/c1-3-21-20(24-15-18-5-4-12-26-18)23-14-17-6-7-19(22-13-17)25-10-8-16(2)9-11-25/h4-7,12-13,16H,3,8-11,14-15H2,1-2H3,(H2,21,23,24). The van der Waals surface area contributed by atoms with E-state index in [1.54, 1.807) is 6.26 Å². The van der Waals surface area contributed by atoms with Crippen molar-refractivity contribution in [1.29, 1.82) is 0 Å². The summed E-state index contributed by atoms with van der Waals surface area (Å²) < 4.78 is 5.34. The SMILES string of the molecule is CCNC(=NCc1ccc(N2CCC(C)CC2)nc1)NCc1ccco1. The van der Waals surface area contributed by atoms with E-state index in [1.165, 1.54) is 12.8 Å². The zero-order chi connectivity index (χ0) is 18.2. The van der Waals surface area contributed by atoms with E-state index in [1.807, 2.05) is 18.3 Å². The molecule has 2 aromatic rings.